The molecule has 2 N–H and O–H groups in total. The Kier molecular flexibility index (Phi) is 9.12. The van der Waals surface area contributed by atoms with E-state index in [2.05, 4.69) is 32.5 Å². The molecule has 1 aliphatic heterocycles. The third kappa shape index (κ3) is 6.94. The first kappa shape index (κ1) is 29.2. The van der Waals surface area contributed by atoms with E-state index >= 15 is 0 Å². The fourth-order valence-electron chi connectivity index (χ4n) is 4.63. The molecule has 3 aromatic carbocycles. The number of ether oxygens (including phenoxy) is 2. The van der Waals surface area contributed by atoms with Gasteiger partial charge in [-0.25, -0.2) is 9.97 Å². The molecule has 4 aromatic rings. The van der Waals surface area contributed by atoms with Crippen LogP contribution >= 0.6 is 0 Å². The minimum Gasteiger partial charge on any atom is -0.755 e. The highest BCUT2D eigenvalue weighted by Crippen LogP contribution is 2.36. The van der Waals surface area contributed by atoms with E-state index in [1.54, 1.807) is 74.9 Å². The number of aromatic nitrogens is 2. The average molecular weight is 591 g/mol. The lowest BCUT2D eigenvalue weighted by Crippen LogP contribution is -2.47. The summed E-state index contributed by atoms with van der Waals surface area (Å²) in [5.74, 6) is 1.14. The van der Waals surface area contributed by atoms with Crippen molar-refractivity contribution in [1.29, 1.82) is 0 Å². The molecule has 1 unspecified atom stereocenters. The number of likely N-dealkylation sites (N-methyl/N-ethyl adjacent to an activating group) is 1. The number of para-hydroxylation sites is 2. The fraction of sp³-hybridized carbons (Fsp3) is 0.276. The summed E-state index contributed by atoms with van der Waals surface area (Å²) < 4.78 is 37.3. The maximum Gasteiger partial charge on any atom is 0.238 e. The predicted octanol–water partition coefficient (Wildman–Crippen LogP) is 3.51. The van der Waals surface area contributed by atoms with Crippen molar-refractivity contribution in [2.24, 2.45) is 0 Å². The standard InChI is InChI=1S/C29H33N7O5S/c1-34-11-13-35(14-12-34)19-27(37)30-20-7-6-8-22(15-20)36(42(38)39)29-28(32-25-9-4-5-10-26(25)33-29)31-21-16-23(40-2)18-24(17-21)41-3/h4-10,15-18H,11-14,19H2,1-3H3,(H,30,37)(H,31,32)(H,38,39)/p-1. The molecule has 0 bridgehead atoms. The zero-order valence-electron chi connectivity index (χ0n) is 23.6. The van der Waals surface area contributed by atoms with Gasteiger partial charge in [-0.15, -0.1) is 0 Å². The number of fused-ring (bicyclic) bond motifs is 1. The molecule has 5 rings (SSSR count). The van der Waals surface area contributed by atoms with Crippen molar-refractivity contribution in [2.75, 3.05) is 68.9 Å². The van der Waals surface area contributed by atoms with E-state index in [0.29, 0.717) is 33.9 Å². The van der Waals surface area contributed by atoms with E-state index in [1.807, 2.05) is 6.07 Å². The summed E-state index contributed by atoms with van der Waals surface area (Å²) in [6.45, 7) is 3.67. The van der Waals surface area contributed by atoms with Gasteiger partial charge in [0.2, 0.25) is 5.91 Å². The summed E-state index contributed by atoms with van der Waals surface area (Å²) in [6.07, 6.45) is 0. The first-order chi connectivity index (χ1) is 20.3. The van der Waals surface area contributed by atoms with Crippen molar-refractivity contribution in [2.45, 2.75) is 0 Å². The second kappa shape index (κ2) is 13.1. The van der Waals surface area contributed by atoms with Crippen LogP contribution in [0, 0.1) is 0 Å². The highest BCUT2D eigenvalue weighted by Gasteiger charge is 2.21. The minimum atomic E-state index is -2.79. The van der Waals surface area contributed by atoms with Gasteiger partial charge < -0.3 is 29.6 Å². The van der Waals surface area contributed by atoms with Crippen molar-refractivity contribution in [1.82, 2.24) is 19.8 Å². The Bertz CT molecular complexity index is 1570. The topological polar surface area (TPSA) is 135 Å². The summed E-state index contributed by atoms with van der Waals surface area (Å²) in [5, 5.41) is 6.08. The van der Waals surface area contributed by atoms with Crippen LogP contribution in [-0.2, 0) is 16.1 Å². The van der Waals surface area contributed by atoms with Crippen LogP contribution in [0.4, 0.5) is 28.7 Å². The van der Waals surface area contributed by atoms with Crippen LogP contribution in [-0.4, -0.2) is 88.4 Å². The highest BCUT2D eigenvalue weighted by atomic mass is 32.2. The molecule has 2 heterocycles. The van der Waals surface area contributed by atoms with Gasteiger partial charge in [-0.2, -0.15) is 0 Å². The summed E-state index contributed by atoms with van der Waals surface area (Å²) in [4.78, 5) is 26.5. The number of benzene rings is 3. The Morgan fingerprint density at radius 3 is 2.24 bits per heavy atom. The van der Waals surface area contributed by atoms with Crippen molar-refractivity contribution < 1.29 is 23.0 Å². The molecule has 1 amide bonds. The number of methoxy groups -OCH3 is 2. The number of hydrogen-bond donors (Lipinski definition) is 2. The number of amides is 1. The van der Waals surface area contributed by atoms with E-state index in [-0.39, 0.29) is 29.8 Å². The van der Waals surface area contributed by atoms with Gasteiger partial charge in [0.25, 0.3) is 0 Å². The number of rotatable bonds is 10. The lowest BCUT2D eigenvalue weighted by molar-refractivity contribution is -0.117. The molecule has 42 heavy (non-hydrogen) atoms. The van der Waals surface area contributed by atoms with Gasteiger partial charge in [-0.3, -0.25) is 18.2 Å². The lowest BCUT2D eigenvalue weighted by atomic mass is 10.2. The van der Waals surface area contributed by atoms with E-state index in [0.717, 1.165) is 30.5 Å². The molecular formula is C29H32N7O5S-. The van der Waals surface area contributed by atoms with Crippen LogP contribution in [0.5, 0.6) is 11.5 Å². The molecule has 220 valence electrons. The third-order valence-corrected chi connectivity index (χ3v) is 7.52. The number of hydrogen-bond acceptors (Lipinski definition) is 10. The number of carbonyl (C=O) groups is 1. The zero-order chi connectivity index (χ0) is 29.6. The predicted molar refractivity (Wildman–Crippen MR) is 162 cm³/mol. The number of anilines is 5. The number of piperazine rings is 1. The molecule has 0 aliphatic carbocycles. The second-order valence-corrected chi connectivity index (χ2v) is 10.6. The molecule has 0 spiro atoms. The molecule has 0 saturated carbocycles. The van der Waals surface area contributed by atoms with E-state index in [1.165, 1.54) is 0 Å². The molecule has 1 saturated heterocycles. The summed E-state index contributed by atoms with van der Waals surface area (Å²) in [5.41, 5.74) is 2.37. The first-order valence-electron chi connectivity index (χ1n) is 13.3. The maximum atomic E-state index is 12.8. The van der Waals surface area contributed by atoms with Crippen LogP contribution in [0.15, 0.2) is 66.7 Å². The normalized spacial score (nSPS) is 14.8. The molecule has 13 heteroatoms. The molecule has 1 aliphatic rings. The second-order valence-electron chi connectivity index (χ2n) is 9.80. The first-order valence-corrected chi connectivity index (χ1v) is 14.3. The Labute approximate surface area is 246 Å². The van der Waals surface area contributed by atoms with E-state index in [9.17, 15) is 13.6 Å². The smallest absolute Gasteiger partial charge is 0.238 e. The summed E-state index contributed by atoms with van der Waals surface area (Å²) in [6, 6.07) is 19.0. The van der Waals surface area contributed by atoms with Gasteiger partial charge >= 0.3 is 0 Å². The third-order valence-electron chi connectivity index (χ3n) is 6.84. The van der Waals surface area contributed by atoms with Gasteiger partial charge in [0.1, 0.15) is 11.5 Å². The van der Waals surface area contributed by atoms with Crippen LogP contribution in [0.25, 0.3) is 11.0 Å². The molecule has 1 aromatic heterocycles. The van der Waals surface area contributed by atoms with Crippen LogP contribution in [0.1, 0.15) is 0 Å². The maximum absolute atomic E-state index is 12.8. The molecule has 0 radical (unpaired) electrons. The SMILES string of the molecule is COc1cc(Nc2nc3ccccc3nc2N(c2cccc(NC(=O)CN3CCN(C)CC3)c2)S(=O)[O-])cc(OC)c1. The Hall–Kier alpha value is -4.30. The zero-order valence-corrected chi connectivity index (χ0v) is 24.4. The number of carbonyl (C=O) groups excluding carboxylic acids is 1. The van der Waals surface area contributed by atoms with Crippen LogP contribution < -0.4 is 24.4 Å². The van der Waals surface area contributed by atoms with Crippen molar-refractivity contribution in [3.05, 3.63) is 66.7 Å². The summed E-state index contributed by atoms with van der Waals surface area (Å²) in [7, 11) is 5.14. The monoisotopic (exact) mass is 590 g/mol. The van der Waals surface area contributed by atoms with Gasteiger partial charge in [-0.1, -0.05) is 18.2 Å². The lowest BCUT2D eigenvalue weighted by Gasteiger charge is -2.31. The summed E-state index contributed by atoms with van der Waals surface area (Å²) >= 11 is -2.79. The minimum absolute atomic E-state index is 0.0460. The number of nitrogens with one attached hydrogen (secondary N) is 2. The highest BCUT2D eigenvalue weighted by molar-refractivity contribution is 7.81. The fourth-order valence-corrected chi connectivity index (χ4v) is 5.19. The largest absolute Gasteiger partial charge is 0.755 e. The molecule has 1 fully saturated rings. The van der Waals surface area contributed by atoms with E-state index in [4.69, 9.17) is 14.5 Å². The Balaban J connectivity index is 1.48. The van der Waals surface area contributed by atoms with Gasteiger partial charge in [0.05, 0.1) is 48.8 Å². The van der Waals surface area contributed by atoms with Crippen molar-refractivity contribution >= 4 is 56.9 Å². The molecular weight excluding hydrogens is 558 g/mol. The van der Waals surface area contributed by atoms with Crippen LogP contribution in [0.2, 0.25) is 0 Å². The Morgan fingerprint density at radius 1 is 0.929 bits per heavy atom. The van der Waals surface area contributed by atoms with Crippen molar-refractivity contribution in [3.8, 4) is 11.5 Å². The van der Waals surface area contributed by atoms with Gasteiger partial charge in [0.15, 0.2) is 11.6 Å². The Morgan fingerprint density at radius 2 is 1.60 bits per heavy atom. The quantitative estimate of drug-likeness (QED) is 0.264. The molecule has 12 nitrogen and oxygen atoms in total. The average Bonchev–Trinajstić information content (AvgIpc) is 2.98. The van der Waals surface area contributed by atoms with Gasteiger partial charge in [-0.05, 0) is 37.4 Å². The van der Waals surface area contributed by atoms with Gasteiger partial charge in [0, 0.05) is 55.8 Å². The van der Waals surface area contributed by atoms with Crippen LogP contribution in [0.3, 0.4) is 0 Å². The number of nitrogens with zero attached hydrogens (tertiary/aromatic N) is 5. The van der Waals surface area contributed by atoms with E-state index < -0.39 is 11.3 Å². The van der Waals surface area contributed by atoms with Crippen molar-refractivity contribution in [3.63, 3.8) is 0 Å². The molecule has 1 atom stereocenters.